The van der Waals surface area contributed by atoms with Crippen LogP contribution in [0.1, 0.15) is 12.1 Å². The topological polar surface area (TPSA) is 47.0 Å². The van der Waals surface area contributed by atoms with Gasteiger partial charge in [0.1, 0.15) is 12.4 Å². The molecule has 1 saturated heterocycles. The average Bonchev–Trinajstić information content (AvgIpc) is 2.70. The van der Waals surface area contributed by atoms with Gasteiger partial charge in [0.05, 0.1) is 0 Å². The zero-order chi connectivity index (χ0) is 11.6. The van der Waals surface area contributed by atoms with Gasteiger partial charge in [0, 0.05) is 12.6 Å². The lowest BCUT2D eigenvalue weighted by Crippen LogP contribution is -2.20. The van der Waals surface area contributed by atoms with Crippen LogP contribution >= 0.6 is 0 Å². The van der Waals surface area contributed by atoms with Gasteiger partial charge in [-0.05, 0) is 13.0 Å². The molecule has 4 nitrogen and oxygen atoms in total. The molecule has 16 heavy (non-hydrogen) atoms. The summed E-state index contributed by atoms with van der Waals surface area (Å²) in [6.07, 6.45) is -2.95. The molecule has 2 rings (SSSR count). The van der Waals surface area contributed by atoms with Crippen LogP contribution in [0.15, 0.2) is 12.4 Å². The Morgan fingerprint density at radius 3 is 2.81 bits per heavy atom. The molecule has 0 aliphatic carbocycles. The number of alkyl halides is 3. The fourth-order valence-electron chi connectivity index (χ4n) is 1.46. The van der Waals surface area contributed by atoms with E-state index in [0.29, 0.717) is 6.54 Å². The molecule has 0 bridgehead atoms. The van der Waals surface area contributed by atoms with Crippen LogP contribution in [0.3, 0.4) is 0 Å². The van der Waals surface area contributed by atoms with Crippen molar-refractivity contribution in [2.45, 2.75) is 18.7 Å². The second-order valence-electron chi connectivity index (χ2n) is 3.47. The van der Waals surface area contributed by atoms with Gasteiger partial charge in [-0.2, -0.15) is 13.2 Å². The summed E-state index contributed by atoms with van der Waals surface area (Å²) in [5, 5.41) is 3.05. The van der Waals surface area contributed by atoms with Crippen LogP contribution in [0, 0.1) is 0 Å². The highest BCUT2D eigenvalue weighted by Gasteiger charge is 2.33. The molecule has 1 atom stereocenters. The summed E-state index contributed by atoms with van der Waals surface area (Å²) in [4.78, 5) is 6.81. The number of aromatic nitrogens is 2. The maximum Gasteiger partial charge on any atom is 0.433 e. The fourth-order valence-corrected chi connectivity index (χ4v) is 1.46. The lowest BCUT2D eigenvalue weighted by atomic mass is 10.3. The molecule has 2 heterocycles. The molecule has 1 aromatic heterocycles. The van der Waals surface area contributed by atoms with Gasteiger partial charge in [-0.3, -0.25) is 0 Å². The first kappa shape index (κ1) is 11.1. The van der Waals surface area contributed by atoms with Gasteiger partial charge in [0.15, 0.2) is 5.69 Å². The smallest absolute Gasteiger partial charge is 0.433 e. The van der Waals surface area contributed by atoms with Crippen molar-refractivity contribution in [1.82, 2.24) is 15.3 Å². The highest BCUT2D eigenvalue weighted by Crippen LogP contribution is 2.28. The summed E-state index contributed by atoms with van der Waals surface area (Å²) in [6, 6.07) is 0.818. The van der Waals surface area contributed by atoms with Gasteiger partial charge in [-0.25, -0.2) is 9.97 Å². The van der Waals surface area contributed by atoms with Crippen molar-refractivity contribution >= 4 is 0 Å². The Bertz CT molecular complexity index is 363. The van der Waals surface area contributed by atoms with E-state index in [1.807, 2.05) is 0 Å². The number of rotatable bonds is 2. The molecule has 1 aliphatic rings. The third-order valence-electron chi connectivity index (χ3n) is 2.23. The number of nitrogens with zero attached hydrogens (tertiary/aromatic N) is 2. The lowest BCUT2D eigenvalue weighted by molar-refractivity contribution is -0.141. The second-order valence-corrected chi connectivity index (χ2v) is 3.47. The van der Waals surface area contributed by atoms with Crippen LogP contribution < -0.4 is 10.1 Å². The number of hydrogen-bond donors (Lipinski definition) is 1. The second kappa shape index (κ2) is 4.25. The third-order valence-corrected chi connectivity index (χ3v) is 2.23. The van der Waals surface area contributed by atoms with Crippen LogP contribution in [0.25, 0.3) is 0 Å². The molecule has 0 aromatic carbocycles. The molecule has 0 amide bonds. The minimum atomic E-state index is -4.46. The maximum atomic E-state index is 12.3. The van der Waals surface area contributed by atoms with E-state index in [0.717, 1.165) is 25.4 Å². The summed E-state index contributed by atoms with van der Waals surface area (Å²) in [5.74, 6) is -0.0315. The fraction of sp³-hybridized carbons (Fsp3) is 0.556. The number of halogens is 3. The Morgan fingerprint density at radius 1 is 1.38 bits per heavy atom. The van der Waals surface area contributed by atoms with E-state index >= 15 is 0 Å². The molecule has 1 N–H and O–H groups in total. The summed E-state index contributed by atoms with van der Waals surface area (Å²) in [5.41, 5.74) is -0.983. The van der Waals surface area contributed by atoms with E-state index in [2.05, 4.69) is 15.3 Å². The van der Waals surface area contributed by atoms with Crippen molar-refractivity contribution in [1.29, 1.82) is 0 Å². The van der Waals surface area contributed by atoms with Crippen LogP contribution in [0.5, 0.6) is 5.88 Å². The Balaban J connectivity index is 2.09. The largest absolute Gasteiger partial charge is 0.473 e. The predicted molar refractivity (Wildman–Crippen MR) is 48.9 cm³/mol. The van der Waals surface area contributed by atoms with Gasteiger partial charge in [0.25, 0.3) is 0 Å². The van der Waals surface area contributed by atoms with Gasteiger partial charge in [-0.1, -0.05) is 0 Å². The first-order valence-electron chi connectivity index (χ1n) is 4.82. The summed E-state index contributed by atoms with van der Waals surface area (Å²) in [7, 11) is 0. The van der Waals surface area contributed by atoms with E-state index in [1.54, 1.807) is 0 Å². The number of hydrogen-bond acceptors (Lipinski definition) is 4. The monoisotopic (exact) mass is 233 g/mol. The molecule has 1 fully saturated rings. The molecule has 0 unspecified atom stereocenters. The van der Waals surface area contributed by atoms with Crippen molar-refractivity contribution < 1.29 is 17.9 Å². The van der Waals surface area contributed by atoms with E-state index in [-0.39, 0.29) is 12.0 Å². The van der Waals surface area contributed by atoms with Crippen molar-refractivity contribution in [3.63, 3.8) is 0 Å². The predicted octanol–water partition coefficient (Wildman–Crippen LogP) is 1.24. The SMILES string of the molecule is FC(F)(F)c1cc(O[C@@H]2CCNC2)ncn1. The van der Waals surface area contributed by atoms with Crippen LogP contribution in [0.4, 0.5) is 13.2 Å². The van der Waals surface area contributed by atoms with Gasteiger partial charge in [-0.15, -0.1) is 0 Å². The summed E-state index contributed by atoms with van der Waals surface area (Å²) in [6.45, 7) is 1.44. The summed E-state index contributed by atoms with van der Waals surface area (Å²) >= 11 is 0. The highest BCUT2D eigenvalue weighted by atomic mass is 19.4. The molecule has 1 aliphatic heterocycles. The van der Waals surface area contributed by atoms with Gasteiger partial charge < -0.3 is 10.1 Å². The molecule has 0 spiro atoms. The maximum absolute atomic E-state index is 12.3. The van der Waals surface area contributed by atoms with Gasteiger partial charge in [0.2, 0.25) is 5.88 Å². The standard InChI is InChI=1S/C9H10F3N3O/c10-9(11,12)7-3-8(15-5-14-7)16-6-1-2-13-4-6/h3,5-6,13H,1-2,4H2/t6-/m1/s1. The molecular formula is C9H10F3N3O. The van der Waals surface area contributed by atoms with Crippen LogP contribution in [0.2, 0.25) is 0 Å². The normalized spacial score (nSPS) is 21.1. The van der Waals surface area contributed by atoms with Crippen molar-refractivity contribution in [3.8, 4) is 5.88 Å². The highest BCUT2D eigenvalue weighted by molar-refractivity contribution is 5.16. The zero-order valence-electron chi connectivity index (χ0n) is 8.29. The van der Waals surface area contributed by atoms with E-state index < -0.39 is 11.9 Å². The molecule has 1 aromatic rings. The Kier molecular flexibility index (Phi) is 2.95. The van der Waals surface area contributed by atoms with E-state index in [9.17, 15) is 13.2 Å². The quantitative estimate of drug-likeness (QED) is 0.834. The summed E-state index contributed by atoms with van der Waals surface area (Å²) < 4.78 is 42.3. The molecule has 7 heteroatoms. The zero-order valence-corrected chi connectivity index (χ0v) is 8.29. The lowest BCUT2D eigenvalue weighted by Gasteiger charge is -2.12. The molecule has 0 saturated carbocycles. The number of nitrogens with one attached hydrogen (secondary N) is 1. The van der Waals surface area contributed by atoms with E-state index in [1.165, 1.54) is 0 Å². The minimum Gasteiger partial charge on any atom is -0.473 e. The van der Waals surface area contributed by atoms with Crippen molar-refractivity contribution in [2.24, 2.45) is 0 Å². The molecule has 0 radical (unpaired) electrons. The van der Waals surface area contributed by atoms with Crippen molar-refractivity contribution in [3.05, 3.63) is 18.1 Å². The van der Waals surface area contributed by atoms with Crippen LogP contribution in [-0.2, 0) is 6.18 Å². The average molecular weight is 233 g/mol. The molecule has 88 valence electrons. The molecular weight excluding hydrogens is 223 g/mol. The van der Waals surface area contributed by atoms with E-state index in [4.69, 9.17) is 4.74 Å². The minimum absolute atomic E-state index is 0.0315. The first-order valence-corrected chi connectivity index (χ1v) is 4.82. The first-order chi connectivity index (χ1) is 7.55. The van der Waals surface area contributed by atoms with Crippen LogP contribution in [-0.4, -0.2) is 29.2 Å². The Morgan fingerprint density at radius 2 is 2.19 bits per heavy atom. The van der Waals surface area contributed by atoms with Gasteiger partial charge >= 0.3 is 6.18 Å². The Hall–Kier alpha value is -1.37. The third kappa shape index (κ3) is 2.60. The van der Waals surface area contributed by atoms with Crippen molar-refractivity contribution in [2.75, 3.05) is 13.1 Å². The Labute approximate surface area is 89.8 Å². The number of ether oxygens (including phenoxy) is 1.